The molecule has 0 radical (unpaired) electrons. The predicted octanol–water partition coefficient (Wildman–Crippen LogP) is 5.08. The van der Waals surface area contributed by atoms with Crippen LogP contribution in [-0.4, -0.2) is 22.0 Å². The SMILES string of the molecule is C=C(Br)C(=O)Nc1cccc(/C=C2\SC(=O)N(Cc3ccc(C)cc3)C2=O)c1. The van der Waals surface area contributed by atoms with E-state index in [1.54, 1.807) is 30.3 Å². The lowest BCUT2D eigenvalue weighted by Gasteiger charge is -2.12. The second kappa shape index (κ2) is 8.58. The van der Waals surface area contributed by atoms with Gasteiger partial charge in [0.15, 0.2) is 0 Å². The first-order chi connectivity index (χ1) is 13.3. The van der Waals surface area contributed by atoms with Gasteiger partial charge in [0.2, 0.25) is 0 Å². The molecule has 2 aromatic carbocycles. The number of hydrogen-bond acceptors (Lipinski definition) is 4. The Morgan fingerprint density at radius 2 is 1.93 bits per heavy atom. The van der Waals surface area contributed by atoms with Crippen molar-refractivity contribution in [1.82, 2.24) is 4.90 Å². The van der Waals surface area contributed by atoms with Crippen molar-refractivity contribution in [2.24, 2.45) is 0 Å². The molecule has 5 nitrogen and oxygen atoms in total. The highest BCUT2D eigenvalue weighted by Crippen LogP contribution is 2.33. The molecule has 1 saturated heterocycles. The molecule has 7 heteroatoms. The number of benzene rings is 2. The van der Waals surface area contributed by atoms with Gasteiger partial charge in [-0.25, -0.2) is 0 Å². The van der Waals surface area contributed by atoms with Crippen LogP contribution in [0, 0.1) is 6.92 Å². The average molecular weight is 457 g/mol. The zero-order valence-corrected chi connectivity index (χ0v) is 17.5. The third-order valence-corrected chi connectivity index (χ3v) is 5.29. The Kier molecular flexibility index (Phi) is 6.16. The van der Waals surface area contributed by atoms with E-state index >= 15 is 0 Å². The smallest absolute Gasteiger partial charge is 0.293 e. The molecule has 1 aliphatic heterocycles. The van der Waals surface area contributed by atoms with Crippen molar-refractivity contribution in [3.63, 3.8) is 0 Å². The molecule has 142 valence electrons. The number of hydrogen-bond donors (Lipinski definition) is 1. The summed E-state index contributed by atoms with van der Waals surface area (Å²) < 4.78 is 0.218. The average Bonchev–Trinajstić information content (AvgIpc) is 2.91. The Balaban J connectivity index is 1.77. The Bertz CT molecular complexity index is 999. The van der Waals surface area contributed by atoms with Crippen LogP contribution in [0.5, 0.6) is 0 Å². The number of anilines is 1. The normalized spacial score (nSPS) is 15.2. The number of thioether (sulfide) groups is 1. The molecule has 3 rings (SSSR count). The maximum absolute atomic E-state index is 12.7. The summed E-state index contributed by atoms with van der Waals surface area (Å²) in [6.45, 7) is 5.75. The third-order valence-electron chi connectivity index (χ3n) is 4.02. The molecule has 0 unspecified atom stereocenters. The van der Waals surface area contributed by atoms with Gasteiger partial charge in [-0.1, -0.05) is 48.5 Å². The molecule has 1 N–H and O–H groups in total. The fourth-order valence-electron chi connectivity index (χ4n) is 2.57. The highest BCUT2D eigenvalue weighted by molar-refractivity contribution is 9.12. The molecule has 0 aliphatic carbocycles. The van der Waals surface area contributed by atoms with E-state index in [9.17, 15) is 14.4 Å². The van der Waals surface area contributed by atoms with E-state index in [2.05, 4.69) is 27.8 Å². The molecule has 2 aromatic rings. The van der Waals surface area contributed by atoms with Gasteiger partial charge in [-0.3, -0.25) is 19.3 Å². The Morgan fingerprint density at radius 3 is 2.61 bits per heavy atom. The second-order valence-corrected chi connectivity index (χ2v) is 8.19. The lowest BCUT2D eigenvalue weighted by atomic mass is 10.1. The maximum atomic E-state index is 12.7. The van der Waals surface area contributed by atoms with Crippen LogP contribution in [0.2, 0.25) is 0 Å². The standard InChI is InChI=1S/C21H17BrN2O3S/c1-13-6-8-15(9-7-13)12-24-20(26)18(28-21(24)27)11-16-4-3-5-17(10-16)23-19(25)14(2)22/h3-11H,2,12H2,1H3,(H,23,25)/b18-11-. The minimum Gasteiger partial charge on any atom is -0.322 e. The first kappa shape index (κ1) is 20.1. The largest absolute Gasteiger partial charge is 0.322 e. The number of imide groups is 1. The molecule has 0 saturated carbocycles. The molecular formula is C21H17BrN2O3S. The van der Waals surface area contributed by atoms with Crippen molar-refractivity contribution in [2.45, 2.75) is 13.5 Å². The van der Waals surface area contributed by atoms with Gasteiger partial charge < -0.3 is 5.32 Å². The Hall–Kier alpha value is -2.64. The Labute approximate surface area is 175 Å². The first-order valence-electron chi connectivity index (χ1n) is 8.40. The first-order valence-corrected chi connectivity index (χ1v) is 10.0. The molecule has 1 fully saturated rings. The number of amides is 3. The topological polar surface area (TPSA) is 66.5 Å². The highest BCUT2D eigenvalue weighted by Gasteiger charge is 2.34. The van der Waals surface area contributed by atoms with Crippen molar-refractivity contribution in [3.8, 4) is 0 Å². The van der Waals surface area contributed by atoms with Crippen LogP contribution >= 0.6 is 27.7 Å². The number of carbonyl (C=O) groups excluding carboxylic acids is 3. The van der Waals surface area contributed by atoms with Gasteiger partial charge in [0.25, 0.3) is 17.1 Å². The van der Waals surface area contributed by atoms with E-state index in [1.165, 1.54) is 4.90 Å². The summed E-state index contributed by atoms with van der Waals surface area (Å²) in [5.41, 5.74) is 3.29. The van der Waals surface area contributed by atoms with E-state index in [4.69, 9.17) is 0 Å². The number of carbonyl (C=O) groups is 3. The van der Waals surface area contributed by atoms with Gasteiger partial charge in [0, 0.05) is 5.69 Å². The number of nitrogens with one attached hydrogen (secondary N) is 1. The number of nitrogens with zero attached hydrogens (tertiary/aromatic N) is 1. The van der Waals surface area contributed by atoms with E-state index in [1.807, 2.05) is 31.2 Å². The summed E-state index contributed by atoms with van der Waals surface area (Å²) in [6, 6.07) is 14.7. The van der Waals surface area contributed by atoms with Crippen LogP contribution in [0.4, 0.5) is 10.5 Å². The van der Waals surface area contributed by atoms with Crippen LogP contribution in [-0.2, 0) is 16.1 Å². The van der Waals surface area contributed by atoms with E-state index < -0.39 is 0 Å². The molecule has 0 bridgehead atoms. The number of rotatable bonds is 5. The van der Waals surface area contributed by atoms with Crippen LogP contribution in [0.3, 0.4) is 0 Å². The second-order valence-electron chi connectivity index (χ2n) is 6.24. The van der Waals surface area contributed by atoms with E-state index in [-0.39, 0.29) is 28.1 Å². The molecule has 3 amide bonds. The van der Waals surface area contributed by atoms with Crippen molar-refractivity contribution in [3.05, 3.63) is 81.2 Å². The van der Waals surface area contributed by atoms with Crippen molar-refractivity contribution in [1.29, 1.82) is 0 Å². The predicted molar refractivity (Wildman–Crippen MR) is 116 cm³/mol. The molecule has 0 atom stereocenters. The molecule has 0 spiro atoms. The fraction of sp³-hybridized carbons (Fsp3) is 0.0952. The lowest BCUT2D eigenvalue weighted by molar-refractivity contribution is -0.123. The molecule has 1 heterocycles. The fourth-order valence-corrected chi connectivity index (χ4v) is 3.51. The monoisotopic (exact) mass is 456 g/mol. The van der Waals surface area contributed by atoms with Crippen molar-refractivity contribution < 1.29 is 14.4 Å². The van der Waals surface area contributed by atoms with Gasteiger partial charge >= 0.3 is 0 Å². The summed E-state index contributed by atoms with van der Waals surface area (Å²) in [6.07, 6.45) is 1.65. The van der Waals surface area contributed by atoms with Crippen LogP contribution in [0.25, 0.3) is 6.08 Å². The Morgan fingerprint density at radius 1 is 1.21 bits per heavy atom. The van der Waals surface area contributed by atoms with Crippen LogP contribution < -0.4 is 5.32 Å². The van der Waals surface area contributed by atoms with Crippen LogP contribution in [0.1, 0.15) is 16.7 Å². The van der Waals surface area contributed by atoms with Gasteiger partial charge in [-0.2, -0.15) is 0 Å². The number of halogens is 1. The van der Waals surface area contributed by atoms with Gasteiger partial charge in [-0.15, -0.1) is 0 Å². The van der Waals surface area contributed by atoms with Crippen molar-refractivity contribution in [2.75, 3.05) is 5.32 Å². The minimum atomic E-state index is -0.351. The number of aryl methyl sites for hydroxylation is 1. The summed E-state index contributed by atoms with van der Waals surface area (Å²) in [4.78, 5) is 38.3. The van der Waals surface area contributed by atoms with E-state index in [0.717, 1.165) is 22.9 Å². The van der Waals surface area contributed by atoms with Gasteiger partial charge in [0.05, 0.1) is 15.9 Å². The third kappa shape index (κ3) is 4.79. The summed E-state index contributed by atoms with van der Waals surface area (Å²) in [5.74, 6) is -0.672. The zero-order chi connectivity index (χ0) is 20.3. The zero-order valence-electron chi connectivity index (χ0n) is 15.1. The van der Waals surface area contributed by atoms with E-state index in [0.29, 0.717) is 16.2 Å². The molecule has 1 aliphatic rings. The maximum Gasteiger partial charge on any atom is 0.293 e. The van der Waals surface area contributed by atoms with Gasteiger partial charge in [0.1, 0.15) is 0 Å². The van der Waals surface area contributed by atoms with Gasteiger partial charge in [-0.05, 0) is 64.0 Å². The lowest BCUT2D eigenvalue weighted by Crippen LogP contribution is -2.27. The minimum absolute atomic E-state index is 0.218. The van der Waals surface area contributed by atoms with Crippen molar-refractivity contribution >= 4 is 56.5 Å². The highest BCUT2D eigenvalue weighted by atomic mass is 79.9. The quantitative estimate of drug-likeness (QED) is 0.637. The van der Waals surface area contributed by atoms with Crippen LogP contribution in [0.15, 0.2) is 64.5 Å². The molecular weight excluding hydrogens is 440 g/mol. The summed E-state index contributed by atoms with van der Waals surface area (Å²) in [5, 5.41) is 2.39. The molecule has 0 aromatic heterocycles. The molecule has 28 heavy (non-hydrogen) atoms. The summed E-state index contributed by atoms with van der Waals surface area (Å²) >= 11 is 3.94. The summed E-state index contributed by atoms with van der Waals surface area (Å²) in [7, 11) is 0.